The molecule has 0 atom stereocenters. The van der Waals surface area contributed by atoms with Gasteiger partial charge in [-0.2, -0.15) is 29.5 Å². The van der Waals surface area contributed by atoms with Gasteiger partial charge in [0.25, 0.3) is 20.2 Å². The Balaban J connectivity index is 0.00000312. The Bertz CT molecular complexity index is 864. The smallest absolute Gasteiger partial charge is 0.270 e. The first-order valence-corrected chi connectivity index (χ1v) is 10.0. The van der Waals surface area contributed by atoms with Crippen molar-refractivity contribution in [3.05, 3.63) is 59.7 Å². The SMILES string of the molecule is COS(=O)(=O)c1ccccc1C(S)c1ccccc1S(=O)(=O)OC.Cl. The van der Waals surface area contributed by atoms with Gasteiger partial charge in [0.1, 0.15) is 0 Å². The first-order chi connectivity index (χ1) is 11.2. The zero-order valence-corrected chi connectivity index (χ0v) is 16.7. The van der Waals surface area contributed by atoms with Gasteiger partial charge in [0.2, 0.25) is 0 Å². The van der Waals surface area contributed by atoms with Gasteiger partial charge in [0.15, 0.2) is 0 Å². The van der Waals surface area contributed by atoms with Crippen molar-refractivity contribution in [2.75, 3.05) is 14.2 Å². The van der Waals surface area contributed by atoms with Gasteiger partial charge >= 0.3 is 0 Å². The fourth-order valence-electron chi connectivity index (χ4n) is 2.22. The van der Waals surface area contributed by atoms with Gasteiger partial charge in [-0.3, -0.25) is 8.37 Å². The number of thiol groups is 1. The Morgan fingerprint density at radius 3 is 1.40 bits per heavy atom. The maximum atomic E-state index is 12.1. The zero-order chi connectivity index (χ0) is 18.0. The van der Waals surface area contributed by atoms with Crippen molar-refractivity contribution < 1.29 is 25.2 Å². The van der Waals surface area contributed by atoms with Crippen LogP contribution in [0, 0.1) is 0 Å². The Morgan fingerprint density at radius 1 is 0.760 bits per heavy atom. The number of hydrogen-bond donors (Lipinski definition) is 1. The molecule has 0 N–H and O–H groups in total. The number of halogens is 1. The first-order valence-electron chi connectivity index (χ1n) is 6.71. The molecule has 10 heteroatoms. The summed E-state index contributed by atoms with van der Waals surface area (Å²) in [6.45, 7) is 0. The predicted octanol–water partition coefficient (Wildman–Crippen LogP) is 2.80. The molecule has 25 heavy (non-hydrogen) atoms. The van der Waals surface area contributed by atoms with Gasteiger partial charge in [-0.15, -0.1) is 12.4 Å². The first kappa shape index (κ1) is 21.9. The monoisotopic (exact) mass is 424 g/mol. The van der Waals surface area contributed by atoms with E-state index in [4.69, 9.17) is 0 Å². The Kier molecular flexibility index (Phi) is 7.48. The van der Waals surface area contributed by atoms with Crippen LogP contribution in [-0.4, -0.2) is 31.1 Å². The lowest BCUT2D eigenvalue weighted by atomic mass is 10.0. The van der Waals surface area contributed by atoms with E-state index in [1.165, 1.54) is 12.1 Å². The van der Waals surface area contributed by atoms with Crippen LogP contribution in [-0.2, 0) is 28.6 Å². The highest BCUT2D eigenvalue weighted by molar-refractivity contribution is 7.87. The van der Waals surface area contributed by atoms with Crippen molar-refractivity contribution in [3.63, 3.8) is 0 Å². The lowest BCUT2D eigenvalue weighted by Crippen LogP contribution is -2.11. The minimum Gasteiger partial charge on any atom is -0.270 e. The molecule has 0 heterocycles. The molecule has 0 aliphatic rings. The molecule has 0 aliphatic carbocycles. The molecule has 2 aromatic rings. The molecule has 2 rings (SSSR count). The van der Waals surface area contributed by atoms with E-state index in [9.17, 15) is 16.8 Å². The van der Waals surface area contributed by atoms with Crippen molar-refractivity contribution >= 4 is 45.3 Å². The van der Waals surface area contributed by atoms with E-state index >= 15 is 0 Å². The third-order valence-corrected chi connectivity index (χ3v) is 6.66. The normalized spacial score (nSPS) is 12.0. The van der Waals surface area contributed by atoms with Crippen LogP contribution in [0.4, 0.5) is 0 Å². The minimum atomic E-state index is -3.97. The van der Waals surface area contributed by atoms with Crippen LogP contribution in [0.5, 0.6) is 0 Å². The highest BCUT2D eigenvalue weighted by Crippen LogP contribution is 2.36. The third kappa shape index (κ3) is 4.55. The van der Waals surface area contributed by atoms with E-state index < -0.39 is 25.5 Å². The summed E-state index contributed by atoms with van der Waals surface area (Å²) in [6.07, 6.45) is 0. The third-order valence-electron chi connectivity index (χ3n) is 3.40. The summed E-state index contributed by atoms with van der Waals surface area (Å²) in [5.74, 6) is 0. The molecule has 0 fully saturated rings. The van der Waals surface area contributed by atoms with Gasteiger partial charge in [0.05, 0.1) is 29.3 Å². The topological polar surface area (TPSA) is 86.7 Å². The van der Waals surface area contributed by atoms with Gasteiger partial charge in [-0.1, -0.05) is 36.4 Å². The lowest BCUT2D eigenvalue weighted by molar-refractivity contribution is 0.397. The summed E-state index contributed by atoms with van der Waals surface area (Å²) >= 11 is 4.45. The highest BCUT2D eigenvalue weighted by Gasteiger charge is 2.27. The maximum Gasteiger partial charge on any atom is 0.297 e. The van der Waals surface area contributed by atoms with Crippen LogP contribution in [0.15, 0.2) is 58.3 Å². The molecule has 0 aromatic heterocycles. The second-order valence-corrected chi connectivity index (χ2v) is 8.60. The van der Waals surface area contributed by atoms with E-state index in [1.807, 2.05) is 0 Å². The van der Waals surface area contributed by atoms with Gasteiger partial charge in [0, 0.05) is 0 Å². The Morgan fingerprint density at radius 2 is 1.08 bits per heavy atom. The fraction of sp³-hybridized carbons (Fsp3) is 0.200. The number of hydrogen-bond acceptors (Lipinski definition) is 7. The zero-order valence-electron chi connectivity index (χ0n) is 13.3. The molecule has 0 radical (unpaired) electrons. The summed E-state index contributed by atoms with van der Waals surface area (Å²) in [7, 11) is -5.81. The van der Waals surface area contributed by atoms with Gasteiger partial charge in [-0.25, -0.2) is 0 Å². The van der Waals surface area contributed by atoms with Crippen LogP contribution < -0.4 is 0 Å². The summed E-state index contributed by atoms with van der Waals surface area (Å²) in [6, 6.07) is 12.2. The van der Waals surface area contributed by atoms with Crippen LogP contribution in [0.3, 0.4) is 0 Å². The predicted molar refractivity (Wildman–Crippen MR) is 99.4 cm³/mol. The molecule has 0 aliphatic heterocycles. The van der Waals surface area contributed by atoms with Crippen molar-refractivity contribution in [2.24, 2.45) is 0 Å². The van der Waals surface area contributed by atoms with Crippen molar-refractivity contribution in [3.8, 4) is 0 Å². The van der Waals surface area contributed by atoms with Crippen molar-refractivity contribution in [1.82, 2.24) is 0 Å². The summed E-state index contributed by atoms with van der Waals surface area (Å²) in [5.41, 5.74) is 0.614. The molecule has 0 saturated carbocycles. The fourth-order valence-corrected chi connectivity index (χ4v) is 4.64. The molecule has 138 valence electrons. The molecular formula is C15H17ClO6S3. The van der Waals surface area contributed by atoms with E-state index in [1.54, 1.807) is 36.4 Å². The van der Waals surface area contributed by atoms with Gasteiger partial charge in [-0.05, 0) is 23.3 Å². The summed E-state index contributed by atoms with van der Waals surface area (Å²) < 4.78 is 57.5. The molecule has 6 nitrogen and oxygen atoms in total. The largest absolute Gasteiger partial charge is 0.297 e. The molecule has 0 saturated heterocycles. The average Bonchev–Trinajstić information content (AvgIpc) is 2.61. The molecular weight excluding hydrogens is 408 g/mol. The molecule has 0 amide bonds. The molecule has 0 unspecified atom stereocenters. The van der Waals surface area contributed by atoms with E-state index in [2.05, 4.69) is 21.0 Å². The summed E-state index contributed by atoms with van der Waals surface area (Å²) in [4.78, 5) is -0.144. The van der Waals surface area contributed by atoms with Gasteiger partial charge < -0.3 is 0 Å². The van der Waals surface area contributed by atoms with E-state index in [-0.39, 0.29) is 22.2 Å². The quantitative estimate of drug-likeness (QED) is 0.566. The minimum absolute atomic E-state index is 0. The maximum absolute atomic E-state index is 12.1. The van der Waals surface area contributed by atoms with E-state index in [0.29, 0.717) is 11.1 Å². The van der Waals surface area contributed by atoms with Crippen molar-refractivity contribution in [2.45, 2.75) is 15.0 Å². The second kappa shape index (κ2) is 8.52. The molecule has 2 aromatic carbocycles. The number of benzene rings is 2. The Hall–Kier alpha value is -1.10. The van der Waals surface area contributed by atoms with Crippen LogP contribution in [0.25, 0.3) is 0 Å². The second-order valence-electron chi connectivity index (χ2n) is 4.72. The van der Waals surface area contributed by atoms with Crippen LogP contribution in [0.1, 0.15) is 16.4 Å². The summed E-state index contributed by atoms with van der Waals surface area (Å²) in [5, 5.41) is -0.813. The number of rotatable bonds is 6. The standard InChI is InChI=1S/C15H16O6S3.ClH/c1-20-23(16,17)13-9-5-3-7-11(13)15(22)12-8-4-6-10-14(12)24(18,19)21-2;/h3-10,15,22H,1-2H3;1H. The highest BCUT2D eigenvalue weighted by atomic mass is 35.5. The van der Waals surface area contributed by atoms with Crippen molar-refractivity contribution in [1.29, 1.82) is 0 Å². The van der Waals surface area contributed by atoms with E-state index in [0.717, 1.165) is 14.2 Å². The average molecular weight is 425 g/mol. The lowest BCUT2D eigenvalue weighted by Gasteiger charge is -2.18. The Labute approximate surface area is 159 Å². The van der Waals surface area contributed by atoms with Crippen LogP contribution >= 0.6 is 25.0 Å². The molecule has 0 bridgehead atoms. The van der Waals surface area contributed by atoms with Crippen LogP contribution in [0.2, 0.25) is 0 Å². The molecule has 0 spiro atoms.